The number of ether oxygens (including phenoxy) is 1. The zero-order valence-corrected chi connectivity index (χ0v) is 24.6. The van der Waals surface area contributed by atoms with Gasteiger partial charge in [-0.1, -0.05) is 23.8 Å². The number of aromatic nitrogens is 2. The molecule has 9 heteroatoms. The summed E-state index contributed by atoms with van der Waals surface area (Å²) >= 11 is 9.09. The van der Waals surface area contributed by atoms with Gasteiger partial charge in [0.15, 0.2) is 0 Å². The lowest BCUT2D eigenvalue weighted by Gasteiger charge is -2.33. The Labute approximate surface area is 231 Å². The molecule has 36 heavy (non-hydrogen) atoms. The zero-order chi connectivity index (χ0) is 26.6. The maximum absolute atomic E-state index is 13.1. The third-order valence-corrected chi connectivity index (χ3v) is 7.06. The second-order valence-corrected chi connectivity index (χ2v) is 11.4. The zero-order valence-electron chi connectivity index (χ0n) is 21.7. The maximum Gasteiger partial charge on any atom is 0.410 e. The van der Waals surface area contributed by atoms with Crippen LogP contribution in [0.25, 0.3) is 11.1 Å². The van der Waals surface area contributed by atoms with Gasteiger partial charge in [-0.2, -0.15) is 5.10 Å². The van der Waals surface area contributed by atoms with E-state index in [-0.39, 0.29) is 18.0 Å². The van der Waals surface area contributed by atoms with Gasteiger partial charge in [-0.05, 0) is 101 Å². The van der Waals surface area contributed by atoms with Crippen molar-refractivity contribution in [2.45, 2.75) is 66.0 Å². The Bertz CT molecular complexity index is 1270. The fourth-order valence-electron chi connectivity index (χ4n) is 4.23. The molecule has 0 bridgehead atoms. The van der Waals surface area contributed by atoms with E-state index in [2.05, 4.69) is 27.9 Å². The minimum absolute atomic E-state index is 0.112. The van der Waals surface area contributed by atoms with Crippen LogP contribution < -0.4 is 15.9 Å². The molecule has 1 N–H and O–H groups in total. The molecule has 1 aliphatic heterocycles. The first-order valence-corrected chi connectivity index (χ1v) is 13.5. The van der Waals surface area contributed by atoms with Crippen molar-refractivity contribution in [3.63, 3.8) is 0 Å². The number of hydrogen-bond donors (Lipinski definition) is 1. The number of piperidine rings is 1. The molecule has 0 unspecified atom stereocenters. The van der Waals surface area contributed by atoms with Gasteiger partial charge in [0.1, 0.15) is 5.60 Å². The van der Waals surface area contributed by atoms with Gasteiger partial charge >= 0.3 is 6.09 Å². The van der Waals surface area contributed by atoms with E-state index in [9.17, 15) is 9.59 Å². The minimum Gasteiger partial charge on any atom is -0.444 e. The van der Waals surface area contributed by atoms with Crippen molar-refractivity contribution >= 4 is 63.0 Å². The van der Waals surface area contributed by atoms with Gasteiger partial charge in [0.05, 0.1) is 27.7 Å². The number of anilines is 1. The molecule has 0 aliphatic carbocycles. The second-order valence-electron chi connectivity index (χ2n) is 9.75. The second kappa shape index (κ2) is 11.8. The van der Waals surface area contributed by atoms with Crippen molar-refractivity contribution in [1.82, 2.24) is 14.7 Å². The summed E-state index contributed by atoms with van der Waals surface area (Å²) < 4.78 is 8.60. The van der Waals surface area contributed by atoms with Crippen molar-refractivity contribution in [2.24, 2.45) is 0 Å². The van der Waals surface area contributed by atoms with E-state index in [1.807, 2.05) is 69.6 Å². The quantitative estimate of drug-likeness (QED) is 0.380. The van der Waals surface area contributed by atoms with E-state index in [0.717, 1.165) is 32.7 Å². The number of aryl methyl sites for hydroxylation is 1. The first-order chi connectivity index (χ1) is 16.9. The predicted octanol–water partition coefficient (Wildman–Crippen LogP) is 5.10. The topological polar surface area (TPSA) is 76.5 Å². The highest BCUT2D eigenvalue weighted by molar-refractivity contribution is 14.1. The molecule has 2 heterocycles. The smallest absolute Gasteiger partial charge is 0.410 e. The molecule has 3 rings (SSSR count). The predicted molar refractivity (Wildman–Crippen MR) is 153 cm³/mol. The summed E-state index contributed by atoms with van der Waals surface area (Å²) in [5.41, 5.74) is 1.33. The van der Waals surface area contributed by atoms with Crippen LogP contribution >= 0.6 is 34.2 Å². The summed E-state index contributed by atoms with van der Waals surface area (Å²) in [7, 11) is 0. The Morgan fingerprint density at radius 2 is 1.78 bits per heavy atom. The number of carbonyl (C=O) groups excluding carboxylic acids is 2. The summed E-state index contributed by atoms with van der Waals surface area (Å²) in [5, 5.41) is 9.72. The molecule has 1 aromatic carbocycles. The van der Waals surface area contributed by atoms with Gasteiger partial charge in [0, 0.05) is 27.6 Å². The van der Waals surface area contributed by atoms with Gasteiger partial charge < -0.3 is 15.0 Å². The van der Waals surface area contributed by atoms with E-state index in [4.69, 9.17) is 21.4 Å². The van der Waals surface area contributed by atoms with Crippen LogP contribution in [0.1, 0.15) is 59.2 Å². The number of hydrogen-bond acceptors (Lipinski definition) is 4. The Morgan fingerprint density at radius 1 is 1.17 bits per heavy atom. The molecule has 0 atom stereocenters. The average molecular weight is 625 g/mol. The minimum atomic E-state index is -0.519. The number of nitrogens with zero attached hydrogens (tertiary/aromatic N) is 3. The number of halogens is 2. The van der Waals surface area contributed by atoms with E-state index >= 15 is 0 Å². The summed E-state index contributed by atoms with van der Waals surface area (Å²) in [6.07, 6.45) is 4.92. The third kappa shape index (κ3) is 6.70. The Kier molecular flexibility index (Phi) is 9.27. The van der Waals surface area contributed by atoms with Crippen molar-refractivity contribution in [1.29, 1.82) is 0 Å². The molecular weight excluding hydrogens is 591 g/mol. The summed E-state index contributed by atoms with van der Waals surface area (Å²) in [6.45, 7) is 12.4. The first kappa shape index (κ1) is 28.2. The number of carbonyl (C=O) groups is 2. The number of allylic oxidation sites excluding steroid dienone is 1. The Morgan fingerprint density at radius 3 is 2.31 bits per heavy atom. The summed E-state index contributed by atoms with van der Waals surface area (Å²) in [6, 6.07) is 7.70. The number of rotatable bonds is 4. The van der Waals surface area contributed by atoms with E-state index in [1.165, 1.54) is 0 Å². The van der Waals surface area contributed by atoms with E-state index < -0.39 is 5.60 Å². The van der Waals surface area contributed by atoms with Crippen molar-refractivity contribution in [3.05, 3.63) is 55.7 Å². The lowest BCUT2D eigenvalue weighted by molar-refractivity contribution is -0.112. The molecular formula is C27H34ClIN4O3. The fourth-order valence-corrected chi connectivity index (χ4v) is 5.02. The molecule has 194 valence electrons. The van der Waals surface area contributed by atoms with Crippen LogP contribution in [0.5, 0.6) is 0 Å². The highest BCUT2D eigenvalue weighted by Gasteiger charge is 2.29. The maximum atomic E-state index is 13.1. The molecule has 1 aliphatic rings. The van der Waals surface area contributed by atoms with Gasteiger partial charge in [-0.3, -0.25) is 9.48 Å². The van der Waals surface area contributed by atoms with Crippen LogP contribution in [0.4, 0.5) is 10.5 Å². The number of nitrogens with one attached hydrogen (secondary N) is 1. The van der Waals surface area contributed by atoms with E-state index in [1.54, 1.807) is 17.9 Å². The average Bonchev–Trinajstić information content (AvgIpc) is 3.16. The number of benzene rings is 1. The first-order valence-electron chi connectivity index (χ1n) is 12.1. The van der Waals surface area contributed by atoms with E-state index in [0.29, 0.717) is 29.4 Å². The standard InChI is InChI=1S/C27H34ClIN4O3/c1-7-21(25(34)30-19-11-9-18(29)10-12-19)24(28)23-17(3)31-33(22(23)8-2)20-13-15-32(16-14-20)26(35)36-27(4,5)6/h7-12,20H,13-16H2,1-6H3,(H,30,34)/b21-7+,22-8-,24-23+. The SMILES string of the molecule is C\C=C(C(=O)Nc1ccc(I)cc1)/C(Cl)=c1/c(C)nn(C2CCN(C(=O)OC(C)(C)C)CC2)/c1=C\C. The molecule has 0 spiro atoms. The molecule has 2 amide bonds. The van der Waals surface area contributed by atoms with Crippen LogP contribution in [-0.2, 0) is 9.53 Å². The van der Waals surface area contributed by atoms with Crippen LogP contribution in [0, 0.1) is 10.5 Å². The van der Waals surface area contributed by atoms with Gasteiger partial charge in [0.2, 0.25) is 0 Å². The molecule has 2 aromatic rings. The number of likely N-dealkylation sites (tertiary alicyclic amines) is 1. The van der Waals surface area contributed by atoms with Gasteiger partial charge in [-0.25, -0.2) is 4.79 Å². The number of amides is 2. The largest absolute Gasteiger partial charge is 0.444 e. The lowest BCUT2D eigenvalue weighted by atomic mass is 10.1. The van der Waals surface area contributed by atoms with Crippen LogP contribution in [0.3, 0.4) is 0 Å². The Balaban J connectivity index is 1.87. The van der Waals surface area contributed by atoms with Gasteiger partial charge in [-0.15, -0.1) is 0 Å². The van der Waals surface area contributed by atoms with Crippen LogP contribution in [0.2, 0.25) is 0 Å². The molecule has 0 saturated carbocycles. The van der Waals surface area contributed by atoms with Crippen LogP contribution in [-0.4, -0.2) is 45.4 Å². The molecule has 1 aromatic heterocycles. The normalized spacial score (nSPS) is 16.7. The lowest BCUT2D eigenvalue weighted by Crippen LogP contribution is -2.44. The molecule has 1 saturated heterocycles. The molecule has 1 fully saturated rings. The monoisotopic (exact) mass is 624 g/mol. The molecule has 7 nitrogen and oxygen atoms in total. The highest BCUT2D eigenvalue weighted by Crippen LogP contribution is 2.23. The molecule has 0 radical (unpaired) electrons. The fraction of sp³-hybridized carbons (Fsp3) is 0.444. The van der Waals surface area contributed by atoms with Crippen molar-refractivity contribution in [2.75, 3.05) is 18.4 Å². The van der Waals surface area contributed by atoms with Crippen LogP contribution in [0.15, 0.2) is 35.9 Å². The van der Waals surface area contributed by atoms with Crippen molar-refractivity contribution in [3.8, 4) is 0 Å². The summed E-state index contributed by atoms with van der Waals surface area (Å²) in [4.78, 5) is 27.3. The highest BCUT2D eigenvalue weighted by atomic mass is 127. The third-order valence-electron chi connectivity index (χ3n) is 5.95. The Hall–Kier alpha value is -2.33. The van der Waals surface area contributed by atoms with Gasteiger partial charge in [0.25, 0.3) is 5.91 Å². The summed E-state index contributed by atoms with van der Waals surface area (Å²) in [5.74, 6) is -0.274. The van der Waals surface area contributed by atoms with Crippen molar-refractivity contribution < 1.29 is 14.3 Å².